The molecule has 0 unspecified atom stereocenters. The van der Waals surface area contributed by atoms with Crippen LogP contribution in [0.2, 0.25) is 0 Å². The third-order valence-corrected chi connectivity index (χ3v) is 2.54. The van der Waals surface area contributed by atoms with Crippen LogP contribution in [-0.4, -0.2) is 15.3 Å². The second-order valence-electron chi connectivity index (χ2n) is 5.29. The quantitative estimate of drug-likeness (QED) is 0.632. The van der Waals surface area contributed by atoms with Crippen molar-refractivity contribution in [1.82, 2.24) is 0 Å². The number of phenolic OH excluding ortho intramolecular Hbond substituents is 3. The summed E-state index contributed by atoms with van der Waals surface area (Å²) < 4.78 is 0. The Bertz CT molecular complexity index is 513. The standard InChI is InChI=1S/C10H14O2.C6H6O/c1-10(2,3)8-6-7(11)4-5-9(8)12;7-6-4-2-1-3-5-6/h4-6,11-12H,1-3H3;1-5,7H. The lowest BCUT2D eigenvalue weighted by atomic mass is 9.86. The monoisotopic (exact) mass is 260 g/mol. The highest BCUT2D eigenvalue weighted by molar-refractivity contribution is 5.42. The Morgan fingerprint density at radius 3 is 1.68 bits per heavy atom. The van der Waals surface area contributed by atoms with Crippen molar-refractivity contribution in [3.8, 4) is 17.2 Å². The largest absolute Gasteiger partial charge is 0.508 e. The molecule has 0 radical (unpaired) electrons. The minimum Gasteiger partial charge on any atom is -0.508 e. The third kappa shape index (κ3) is 4.92. The summed E-state index contributed by atoms with van der Waals surface area (Å²) >= 11 is 0. The minimum absolute atomic E-state index is 0.136. The molecule has 3 nitrogen and oxygen atoms in total. The lowest BCUT2D eigenvalue weighted by Gasteiger charge is -2.20. The molecule has 0 spiro atoms. The normalized spacial score (nSPS) is 10.5. The van der Waals surface area contributed by atoms with Crippen molar-refractivity contribution < 1.29 is 15.3 Å². The molecule has 0 amide bonds. The Kier molecular flexibility index (Phi) is 4.81. The molecule has 0 saturated heterocycles. The van der Waals surface area contributed by atoms with Crippen LogP contribution in [0.5, 0.6) is 17.2 Å². The van der Waals surface area contributed by atoms with Gasteiger partial charge in [0.1, 0.15) is 17.2 Å². The van der Waals surface area contributed by atoms with E-state index in [2.05, 4.69) is 0 Å². The maximum atomic E-state index is 9.46. The van der Waals surface area contributed by atoms with E-state index in [1.165, 1.54) is 12.1 Å². The van der Waals surface area contributed by atoms with E-state index in [-0.39, 0.29) is 16.9 Å². The summed E-state index contributed by atoms with van der Waals surface area (Å²) in [7, 11) is 0. The second kappa shape index (κ2) is 6.14. The fraction of sp³-hybridized carbons (Fsp3) is 0.250. The van der Waals surface area contributed by atoms with Gasteiger partial charge in [-0.2, -0.15) is 0 Å². The van der Waals surface area contributed by atoms with Gasteiger partial charge in [-0.05, 0) is 35.7 Å². The fourth-order valence-electron chi connectivity index (χ4n) is 1.55. The topological polar surface area (TPSA) is 60.7 Å². The highest BCUT2D eigenvalue weighted by Crippen LogP contribution is 2.32. The van der Waals surface area contributed by atoms with Crippen LogP contribution in [-0.2, 0) is 5.41 Å². The van der Waals surface area contributed by atoms with Gasteiger partial charge in [0.25, 0.3) is 0 Å². The van der Waals surface area contributed by atoms with Crippen LogP contribution in [0.25, 0.3) is 0 Å². The first-order chi connectivity index (χ1) is 8.80. The predicted molar refractivity (Wildman–Crippen MR) is 76.6 cm³/mol. The van der Waals surface area contributed by atoms with Crippen molar-refractivity contribution in [2.75, 3.05) is 0 Å². The molecule has 3 N–H and O–H groups in total. The van der Waals surface area contributed by atoms with Crippen LogP contribution in [0, 0.1) is 0 Å². The summed E-state index contributed by atoms with van der Waals surface area (Å²) in [6.07, 6.45) is 0. The Morgan fingerprint density at radius 2 is 1.32 bits per heavy atom. The molecule has 0 aromatic heterocycles. The maximum absolute atomic E-state index is 9.46. The predicted octanol–water partition coefficient (Wildman–Crippen LogP) is 3.79. The first-order valence-corrected chi connectivity index (χ1v) is 6.07. The smallest absolute Gasteiger partial charge is 0.119 e. The Balaban J connectivity index is 0.000000218. The SMILES string of the molecule is CC(C)(C)c1cc(O)ccc1O.Oc1ccccc1. The van der Waals surface area contributed by atoms with Gasteiger partial charge in [0, 0.05) is 5.56 Å². The molecular weight excluding hydrogens is 240 g/mol. The van der Waals surface area contributed by atoms with Crippen molar-refractivity contribution in [3.05, 3.63) is 54.1 Å². The van der Waals surface area contributed by atoms with Gasteiger partial charge >= 0.3 is 0 Å². The second-order valence-corrected chi connectivity index (χ2v) is 5.29. The number of hydrogen-bond acceptors (Lipinski definition) is 3. The van der Waals surface area contributed by atoms with Gasteiger partial charge in [0.2, 0.25) is 0 Å². The van der Waals surface area contributed by atoms with Crippen molar-refractivity contribution in [2.24, 2.45) is 0 Å². The number of rotatable bonds is 0. The van der Waals surface area contributed by atoms with Crippen LogP contribution in [0.1, 0.15) is 26.3 Å². The molecule has 2 rings (SSSR count). The van der Waals surface area contributed by atoms with E-state index in [0.29, 0.717) is 5.75 Å². The number of phenols is 3. The third-order valence-electron chi connectivity index (χ3n) is 2.54. The first-order valence-electron chi connectivity index (χ1n) is 6.07. The van der Waals surface area contributed by atoms with Gasteiger partial charge in [-0.3, -0.25) is 0 Å². The van der Waals surface area contributed by atoms with Crippen LogP contribution in [0.4, 0.5) is 0 Å². The van der Waals surface area contributed by atoms with Crippen molar-refractivity contribution in [1.29, 1.82) is 0 Å². The molecule has 0 atom stereocenters. The van der Waals surface area contributed by atoms with Crippen molar-refractivity contribution in [2.45, 2.75) is 26.2 Å². The molecule has 0 heterocycles. The van der Waals surface area contributed by atoms with Crippen LogP contribution < -0.4 is 0 Å². The van der Waals surface area contributed by atoms with Gasteiger partial charge in [0.05, 0.1) is 0 Å². The highest BCUT2D eigenvalue weighted by atomic mass is 16.3. The lowest BCUT2D eigenvalue weighted by molar-refractivity contribution is 0.435. The van der Waals surface area contributed by atoms with Gasteiger partial charge in [-0.15, -0.1) is 0 Å². The summed E-state index contributed by atoms with van der Waals surface area (Å²) in [6.45, 7) is 5.96. The Hall–Kier alpha value is -2.16. The van der Waals surface area contributed by atoms with Gasteiger partial charge in [-0.1, -0.05) is 39.0 Å². The van der Waals surface area contributed by atoms with Crippen LogP contribution in [0.3, 0.4) is 0 Å². The summed E-state index contributed by atoms with van der Waals surface area (Å²) in [5.41, 5.74) is 0.630. The molecule has 0 saturated carbocycles. The molecule has 102 valence electrons. The average Bonchev–Trinajstić information content (AvgIpc) is 2.33. The van der Waals surface area contributed by atoms with E-state index < -0.39 is 0 Å². The Morgan fingerprint density at radius 1 is 0.737 bits per heavy atom. The molecule has 3 heteroatoms. The summed E-state index contributed by atoms with van der Waals surface area (Å²) in [6, 6.07) is 13.3. The molecule has 0 aliphatic rings. The fourth-order valence-corrected chi connectivity index (χ4v) is 1.55. The van der Waals surface area contributed by atoms with Gasteiger partial charge < -0.3 is 15.3 Å². The lowest BCUT2D eigenvalue weighted by Crippen LogP contribution is -2.10. The first kappa shape index (κ1) is 14.9. The molecule has 19 heavy (non-hydrogen) atoms. The highest BCUT2D eigenvalue weighted by Gasteiger charge is 2.17. The van der Waals surface area contributed by atoms with E-state index in [4.69, 9.17) is 5.11 Å². The zero-order valence-corrected chi connectivity index (χ0v) is 11.5. The van der Waals surface area contributed by atoms with E-state index in [0.717, 1.165) is 5.56 Å². The van der Waals surface area contributed by atoms with Crippen LogP contribution in [0.15, 0.2) is 48.5 Å². The van der Waals surface area contributed by atoms with E-state index in [1.807, 2.05) is 26.8 Å². The number of hydrogen-bond donors (Lipinski definition) is 3. The minimum atomic E-state index is -0.136. The van der Waals surface area contributed by atoms with E-state index >= 15 is 0 Å². The number of para-hydroxylation sites is 1. The molecule has 0 fully saturated rings. The zero-order valence-electron chi connectivity index (χ0n) is 11.5. The average molecular weight is 260 g/mol. The number of aromatic hydroxyl groups is 3. The van der Waals surface area contributed by atoms with Gasteiger partial charge in [0.15, 0.2) is 0 Å². The van der Waals surface area contributed by atoms with Crippen molar-refractivity contribution in [3.63, 3.8) is 0 Å². The zero-order chi connectivity index (χ0) is 14.5. The summed E-state index contributed by atoms with van der Waals surface area (Å²) in [5.74, 6) is 0.750. The molecule has 2 aromatic carbocycles. The maximum Gasteiger partial charge on any atom is 0.119 e. The van der Waals surface area contributed by atoms with Crippen LogP contribution >= 0.6 is 0 Å². The number of benzene rings is 2. The molecule has 0 bridgehead atoms. The molecule has 2 aromatic rings. The molecular formula is C16H20O3. The summed E-state index contributed by atoms with van der Waals surface area (Å²) in [4.78, 5) is 0. The van der Waals surface area contributed by atoms with Gasteiger partial charge in [-0.25, -0.2) is 0 Å². The molecule has 0 aliphatic heterocycles. The van der Waals surface area contributed by atoms with E-state index in [1.54, 1.807) is 30.3 Å². The molecule has 0 aliphatic carbocycles. The summed E-state index contributed by atoms with van der Waals surface area (Å²) in [5, 5.41) is 27.3. The Labute approximate surface area is 113 Å². The van der Waals surface area contributed by atoms with Crippen molar-refractivity contribution >= 4 is 0 Å². The van der Waals surface area contributed by atoms with E-state index in [9.17, 15) is 10.2 Å².